The molecule has 86 valence electrons. The summed E-state index contributed by atoms with van der Waals surface area (Å²) < 4.78 is 0. The van der Waals surface area contributed by atoms with E-state index in [4.69, 9.17) is 5.11 Å². The van der Waals surface area contributed by atoms with Crippen LogP contribution in [0, 0.1) is 0 Å². The fourth-order valence-electron chi connectivity index (χ4n) is 1.46. The number of fused-ring (bicyclic) bond motifs is 1. The van der Waals surface area contributed by atoms with E-state index in [0.717, 1.165) is 23.1 Å². The lowest BCUT2D eigenvalue weighted by atomic mass is 10.2. The number of amides is 1. The van der Waals surface area contributed by atoms with Gasteiger partial charge >= 0.3 is 5.97 Å². The van der Waals surface area contributed by atoms with Crippen molar-refractivity contribution in [1.29, 1.82) is 0 Å². The van der Waals surface area contributed by atoms with Gasteiger partial charge in [0.1, 0.15) is 0 Å². The number of carboxylic acid groups (broad SMARTS) is 1. The Balaban J connectivity index is 2.12. The van der Waals surface area contributed by atoms with Crippen LogP contribution in [0.5, 0.6) is 0 Å². The molecule has 2 aromatic rings. The first-order chi connectivity index (χ1) is 8.15. The highest BCUT2D eigenvalue weighted by molar-refractivity contribution is 6.03. The summed E-state index contributed by atoms with van der Waals surface area (Å²) in [6.45, 7) is 0. The van der Waals surface area contributed by atoms with Crippen LogP contribution in [0.2, 0.25) is 0 Å². The van der Waals surface area contributed by atoms with E-state index in [9.17, 15) is 9.59 Å². The van der Waals surface area contributed by atoms with Gasteiger partial charge in [0.05, 0.1) is 0 Å². The summed E-state index contributed by atoms with van der Waals surface area (Å²) in [7, 11) is 0. The van der Waals surface area contributed by atoms with Gasteiger partial charge < -0.3 is 15.4 Å². The van der Waals surface area contributed by atoms with Gasteiger partial charge in [-0.1, -0.05) is 6.07 Å². The highest BCUT2D eigenvalue weighted by atomic mass is 16.4. The maximum absolute atomic E-state index is 11.3. The van der Waals surface area contributed by atoms with Gasteiger partial charge in [-0.15, -0.1) is 0 Å². The Kier molecular flexibility index (Phi) is 2.91. The number of hydrogen-bond donors (Lipinski definition) is 3. The quantitative estimate of drug-likeness (QED) is 0.702. The number of H-pyrrole nitrogens is 1. The van der Waals surface area contributed by atoms with E-state index in [2.05, 4.69) is 10.3 Å². The number of aromatic nitrogens is 1. The van der Waals surface area contributed by atoms with Crippen LogP contribution in [0.3, 0.4) is 0 Å². The lowest BCUT2D eigenvalue weighted by Gasteiger charge is -2.01. The van der Waals surface area contributed by atoms with Crippen molar-refractivity contribution in [2.24, 2.45) is 0 Å². The van der Waals surface area contributed by atoms with E-state index >= 15 is 0 Å². The third-order valence-electron chi connectivity index (χ3n) is 2.20. The molecule has 0 spiro atoms. The van der Waals surface area contributed by atoms with Gasteiger partial charge in [0.25, 0.3) is 0 Å². The van der Waals surface area contributed by atoms with Gasteiger partial charge in [-0.25, -0.2) is 4.79 Å². The first-order valence-electron chi connectivity index (χ1n) is 4.94. The Labute approximate surface area is 96.8 Å². The molecular formula is C12H10N2O3. The SMILES string of the molecule is O=C(O)/C=C/C(=O)Nc1ccc2cc[nH]c2c1. The fourth-order valence-corrected chi connectivity index (χ4v) is 1.46. The normalized spacial score (nSPS) is 10.8. The summed E-state index contributed by atoms with van der Waals surface area (Å²) in [5.41, 5.74) is 1.52. The smallest absolute Gasteiger partial charge is 0.328 e. The molecule has 0 unspecified atom stereocenters. The standard InChI is InChI=1S/C12H10N2O3/c15-11(3-4-12(16)17)14-9-2-1-8-5-6-13-10(8)7-9/h1-7,13H,(H,14,15)(H,16,17)/b4-3+. The summed E-state index contributed by atoms with van der Waals surface area (Å²) in [4.78, 5) is 24.6. The Morgan fingerprint density at radius 3 is 2.82 bits per heavy atom. The van der Waals surface area contributed by atoms with Crippen LogP contribution in [0.1, 0.15) is 0 Å². The van der Waals surface area contributed by atoms with E-state index in [1.54, 1.807) is 18.3 Å². The third kappa shape index (κ3) is 2.72. The second kappa shape index (κ2) is 4.52. The average Bonchev–Trinajstić information content (AvgIpc) is 2.73. The number of carbonyl (C=O) groups is 2. The summed E-state index contributed by atoms with van der Waals surface area (Å²) in [6, 6.07) is 7.32. The van der Waals surface area contributed by atoms with Crippen molar-refractivity contribution < 1.29 is 14.7 Å². The van der Waals surface area contributed by atoms with Crippen molar-refractivity contribution in [3.05, 3.63) is 42.6 Å². The van der Waals surface area contributed by atoms with E-state index in [1.165, 1.54) is 0 Å². The topological polar surface area (TPSA) is 82.2 Å². The monoisotopic (exact) mass is 230 g/mol. The fraction of sp³-hybridized carbons (Fsp3) is 0. The summed E-state index contributed by atoms with van der Waals surface area (Å²) in [5, 5.41) is 12.0. The van der Waals surface area contributed by atoms with Crippen molar-refractivity contribution in [1.82, 2.24) is 4.98 Å². The molecule has 0 saturated carbocycles. The van der Waals surface area contributed by atoms with Crippen LogP contribution in [0.4, 0.5) is 5.69 Å². The van der Waals surface area contributed by atoms with E-state index in [1.807, 2.05) is 12.1 Å². The number of rotatable bonds is 3. The zero-order chi connectivity index (χ0) is 12.3. The largest absolute Gasteiger partial charge is 0.478 e. The molecule has 0 aliphatic heterocycles. The minimum Gasteiger partial charge on any atom is -0.478 e. The molecule has 1 aromatic carbocycles. The number of hydrogen-bond acceptors (Lipinski definition) is 2. The van der Waals surface area contributed by atoms with Crippen LogP contribution in [-0.4, -0.2) is 22.0 Å². The van der Waals surface area contributed by atoms with Crippen molar-refractivity contribution in [3.8, 4) is 0 Å². The summed E-state index contributed by atoms with van der Waals surface area (Å²) in [5.74, 6) is -1.63. The van der Waals surface area contributed by atoms with Gasteiger partial charge in [-0.05, 0) is 23.6 Å². The van der Waals surface area contributed by atoms with Gasteiger partial charge in [-0.2, -0.15) is 0 Å². The first kappa shape index (κ1) is 10.9. The second-order valence-electron chi connectivity index (χ2n) is 3.44. The minimum atomic E-state index is -1.15. The highest BCUT2D eigenvalue weighted by Crippen LogP contribution is 2.17. The van der Waals surface area contributed by atoms with E-state index in [-0.39, 0.29) is 0 Å². The molecule has 1 aromatic heterocycles. The van der Waals surface area contributed by atoms with Crippen LogP contribution >= 0.6 is 0 Å². The number of carboxylic acids is 1. The molecule has 17 heavy (non-hydrogen) atoms. The van der Waals surface area contributed by atoms with Crippen molar-refractivity contribution in [3.63, 3.8) is 0 Å². The van der Waals surface area contributed by atoms with Crippen molar-refractivity contribution in [2.45, 2.75) is 0 Å². The Bertz CT molecular complexity index is 599. The zero-order valence-corrected chi connectivity index (χ0v) is 8.81. The Morgan fingerprint density at radius 2 is 2.06 bits per heavy atom. The minimum absolute atomic E-state index is 0.474. The van der Waals surface area contributed by atoms with Gasteiger partial charge in [-0.3, -0.25) is 4.79 Å². The number of aliphatic carboxylic acids is 1. The summed E-state index contributed by atoms with van der Waals surface area (Å²) in [6.07, 6.45) is 3.57. The molecule has 3 N–H and O–H groups in total. The number of carbonyl (C=O) groups excluding carboxylic acids is 1. The predicted octanol–water partition coefficient (Wildman–Crippen LogP) is 1.75. The first-order valence-corrected chi connectivity index (χ1v) is 4.94. The molecule has 1 amide bonds. The molecule has 1 heterocycles. The number of anilines is 1. The zero-order valence-electron chi connectivity index (χ0n) is 8.81. The molecular weight excluding hydrogens is 220 g/mol. The molecule has 0 atom stereocenters. The van der Waals surface area contributed by atoms with Gasteiger partial charge in [0, 0.05) is 29.6 Å². The maximum atomic E-state index is 11.3. The summed E-state index contributed by atoms with van der Waals surface area (Å²) >= 11 is 0. The van der Waals surface area contributed by atoms with Gasteiger partial charge in [0.2, 0.25) is 5.91 Å². The number of aromatic amines is 1. The number of benzene rings is 1. The van der Waals surface area contributed by atoms with Crippen LogP contribution in [-0.2, 0) is 9.59 Å². The molecule has 5 heteroatoms. The lowest BCUT2D eigenvalue weighted by Crippen LogP contribution is -2.08. The molecule has 0 aliphatic rings. The number of nitrogens with one attached hydrogen (secondary N) is 2. The third-order valence-corrected chi connectivity index (χ3v) is 2.20. The van der Waals surface area contributed by atoms with Crippen molar-refractivity contribution in [2.75, 3.05) is 5.32 Å². The molecule has 0 saturated heterocycles. The average molecular weight is 230 g/mol. The molecule has 5 nitrogen and oxygen atoms in total. The van der Waals surface area contributed by atoms with E-state index in [0.29, 0.717) is 5.69 Å². The second-order valence-corrected chi connectivity index (χ2v) is 3.44. The lowest BCUT2D eigenvalue weighted by molar-refractivity contribution is -0.131. The molecule has 0 aliphatic carbocycles. The highest BCUT2D eigenvalue weighted by Gasteiger charge is 2.00. The van der Waals surface area contributed by atoms with Gasteiger partial charge in [0.15, 0.2) is 0 Å². The van der Waals surface area contributed by atoms with Crippen LogP contribution < -0.4 is 5.32 Å². The van der Waals surface area contributed by atoms with Crippen LogP contribution in [0.25, 0.3) is 10.9 Å². The van der Waals surface area contributed by atoms with Crippen LogP contribution in [0.15, 0.2) is 42.6 Å². The molecule has 0 fully saturated rings. The predicted molar refractivity (Wildman–Crippen MR) is 63.7 cm³/mol. The molecule has 0 radical (unpaired) electrons. The Morgan fingerprint density at radius 1 is 1.24 bits per heavy atom. The Hall–Kier alpha value is -2.56. The van der Waals surface area contributed by atoms with Crippen molar-refractivity contribution >= 4 is 28.5 Å². The molecule has 2 rings (SSSR count). The maximum Gasteiger partial charge on any atom is 0.328 e. The molecule has 0 bridgehead atoms. The van der Waals surface area contributed by atoms with E-state index < -0.39 is 11.9 Å².